The van der Waals surface area contributed by atoms with Gasteiger partial charge in [-0.25, -0.2) is 8.78 Å². The average molecular weight is 569 g/mol. The molecule has 4 aromatic heterocycles. The molecule has 4 heterocycles. The van der Waals surface area contributed by atoms with Crippen LogP contribution in [0.3, 0.4) is 0 Å². The van der Waals surface area contributed by atoms with Crippen LogP contribution in [0.1, 0.15) is 25.2 Å². The Morgan fingerprint density at radius 2 is 1.52 bits per heavy atom. The van der Waals surface area contributed by atoms with E-state index in [1.807, 2.05) is 50.2 Å². The second-order valence-electron chi connectivity index (χ2n) is 6.85. The maximum absolute atomic E-state index is 14.1. The molecule has 0 spiro atoms. The number of aromatic nitrogens is 4. The molecule has 0 radical (unpaired) electrons. The molecule has 0 saturated heterocycles. The fraction of sp³-hybridized carbons (Fsp3) is 0.136. The topological polar surface area (TPSA) is 52.8 Å². The van der Waals surface area contributed by atoms with Gasteiger partial charge in [-0.15, -0.1) is 11.8 Å². The molecule has 29 heavy (non-hydrogen) atoms. The van der Waals surface area contributed by atoms with E-state index in [9.17, 15) is 8.78 Å². The summed E-state index contributed by atoms with van der Waals surface area (Å²) in [6, 6.07) is 18.4. The molecule has 0 N–H and O–H groups in total. The van der Waals surface area contributed by atoms with Crippen molar-refractivity contribution in [1.82, 2.24) is 19.9 Å². The van der Waals surface area contributed by atoms with Crippen LogP contribution in [0.2, 0.25) is 0 Å². The molecule has 0 amide bonds. The Morgan fingerprint density at radius 3 is 2.14 bits per heavy atom. The van der Waals surface area contributed by atoms with Gasteiger partial charge in [-0.1, -0.05) is 42.0 Å². The first-order chi connectivity index (χ1) is 13.4. The van der Waals surface area contributed by atoms with Gasteiger partial charge in [0, 0.05) is 16.8 Å². The first kappa shape index (κ1) is 21.0. The fourth-order valence-electron chi connectivity index (χ4n) is 2.98. The van der Waals surface area contributed by atoms with E-state index in [1.165, 1.54) is 0 Å². The number of pyridine rings is 3. The maximum atomic E-state index is 14.1. The zero-order chi connectivity index (χ0) is 19.7. The fourth-order valence-corrected chi connectivity index (χ4v) is 2.98. The standard InChI is InChI=1S/C22H16F2N4.Pt/c1-22(2,19-10-4-7-17(27-19)16-8-5-13-25-16)18-9-3-6-15(26-18)14-11-12-20(23)28-21(14)24;/h3-10,12-13H,1-2H3;/q-2;+2. The summed E-state index contributed by atoms with van der Waals surface area (Å²) in [5.41, 5.74) is 2.89. The average Bonchev–Trinajstić information content (AvgIpc) is 3.23. The van der Waals surface area contributed by atoms with E-state index in [-0.39, 0.29) is 26.6 Å². The normalized spacial score (nSPS) is 11.2. The maximum Gasteiger partial charge on any atom is 2.00 e. The van der Waals surface area contributed by atoms with Crippen LogP contribution in [-0.2, 0) is 26.5 Å². The molecule has 0 bridgehead atoms. The van der Waals surface area contributed by atoms with Gasteiger partial charge in [0.1, 0.15) is 11.9 Å². The summed E-state index contributed by atoms with van der Waals surface area (Å²) in [7, 11) is 0. The largest absolute Gasteiger partial charge is 2.00 e. The van der Waals surface area contributed by atoms with E-state index >= 15 is 0 Å². The van der Waals surface area contributed by atoms with Crippen molar-refractivity contribution in [2.24, 2.45) is 0 Å². The Morgan fingerprint density at radius 1 is 0.862 bits per heavy atom. The zero-order valence-corrected chi connectivity index (χ0v) is 17.9. The van der Waals surface area contributed by atoms with Crippen molar-refractivity contribution in [1.29, 1.82) is 0 Å². The third kappa shape index (κ3) is 4.18. The first-order valence-corrected chi connectivity index (χ1v) is 8.72. The molecule has 4 rings (SSSR count). The van der Waals surface area contributed by atoms with Gasteiger partial charge in [0.15, 0.2) is 0 Å². The minimum atomic E-state index is -0.940. The molecular formula is C22H16F2N4Pt. The molecule has 4 nitrogen and oxygen atoms in total. The van der Waals surface area contributed by atoms with Crippen LogP contribution < -0.4 is 4.98 Å². The van der Waals surface area contributed by atoms with E-state index in [0.29, 0.717) is 11.4 Å². The second kappa shape index (κ2) is 8.34. The molecule has 0 saturated carbocycles. The van der Waals surface area contributed by atoms with Crippen molar-refractivity contribution in [3.63, 3.8) is 0 Å². The second-order valence-corrected chi connectivity index (χ2v) is 6.85. The van der Waals surface area contributed by atoms with Crippen molar-refractivity contribution >= 4 is 0 Å². The number of rotatable bonds is 4. The van der Waals surface area contributed by atoms with Crippen LogP contribution in [0, 0.1) is 18.0 Å². The van der Waals surface area contributed by atoms with Crippen LogP contribution in [0.5, 0.6) is 0 Å². The molecule has 0 aliphatic heterocycles. The van der Waals surface area contributed by atoms with E-state index in [0.717, 1.165) is 23.1 Å². The van der Waals surface area contributed by atoms with E-state index in [4.69, 9.17) is 4.98 Å². The molecule has 4 aromatic rings. The molecule has 148 valence electrons. The van der Waals surface area contributed by atoms with Gasteiger partial charge in [0.25, 0.3) is 0 Å². The zero-order valence-electron chi connectivity index (χ0n) is 15.6. The Bertz CT molecular complexity index is 1130. The summed E-state index contributed by atoms with van der Waals surface area (Å²) in [6.07, 6.45) is 1.72. The molecule has 0 aliphatic rings. The molecule has 0 aliphatic carbocycles. The summed E-state index contributed by atoms with van der Waals surface area (Å²) >= 11 is 0. The van der Waals surface area contributed by atoms with Crippen LogP contribution in [0.15, 0.2) is 60.8 Å². The Labute approximate surface area is 181 Å². The quantitative estimate of drug-likeness (QED) is 0.267. The molecule has 0 fully saturated rings. The van der Waals surface area contributed by atoms with Gasteiger partial charge < -0.3 is 9.97 Å². The first-order valence-electron chi connectivity index (χ1n) is 8.72. The summed E-state index contributed by atoms with van der Waals surface area (Å²) in [5.74, 6) is -1.86. The van der Waals surface area contributed by atoms with Crippen molar-refractivity contribution in [2.75, 3.05) is 0 Å². The predicted octanol–water partition coefficient (Wildman–Crippen LogP) is 4.56. The van der Waals surface area contributed by atoms with Gasteiger partial charge in [0.2, 0.25) is 0 Å². The predicted molar refractivity (Wildman–Crippen MR) is 101 cm³/mol. The Hall–Kier alpha value is -2.72. The van der Waals surface area contributed by atoms with Crippen molar-refractivity contribution in [2.45, 2.75) is 19.3 Å². The van der Waals surface area contributed by atoms with Gasteiger partial charge in [-0.05, 0) is 37.7 Å². The van der Waals surface area contributed by atoms with Gasteiger partial charge in [-0.2, -0.15) is 6.20 Å². The number of hydrogen-bond acceptors (Lipinski definition) is 3. The summed E-state index contributed by atoms with van der Waals surface area (Å²) < 4.78 is 27.1. The molecule has 7 heteroatoms. The van der Waals surface area contributed by atoms with Crippen LogP contribution >= 0.6 is 0 Å². The van der Waals surface area contributed by atoms with E-state index < -0.39 is 17.3 Å². The molecule has 0 aromatic carbocycles. The van der Waals surface area contributed by atoms with E-state index in [1.54, 1.807) is 18.3 Å². The number of hydrogen-bond donors (Lipinski definition) is 0. The molecule has 0 unspecified atom stereocenters. The third-order valence-electron chi connectivity index (χ3n) is 4.60. The minimum Gasteiger partial charge on any atom is -0.662 e. The van der Waals surface area contributed by atoms with Crippen LogP contribution in [0.25, 0.3) is 22.6 Å². The van der Waals surface area contributed by atoms with Crippen LogP contribution in [0.4, 0.5) is 8.78 Å². The summed E-state index contributed by atoms with van der Waals surface area (Å²) in [6.45, 7) is 3.99. The SMILES string of the molecule is CC(C)(c1cccc(-c2ccc[n-]2)n1)c1cccc(-c2[c-]cc(F)nc2F)n1.[Pt+2]. The third-order valence-corrected chi connectivity index (χ3v) is 4.60. The van der Waals surface area contributed by atoms with Crippen LogP contribution in [-0.4, -0.2) is 15.0 Å². The van der Waals surface area contributed by atoms with Crippen molar-refractivity contribution < 1.29 is 29.8 Å². The van der Waals surface area contributed by atoms with E-state index in [2.05, 4.69) is 21.0 Å². The minimum absolute atomic E-state index is 0. The van der Waals surface area contributed by atoms with Crippen molar-refractivity contribution in [3.8, 4) is 22.6 Å². The number of nitrogens with zero attached hydrogens (tertiary/aromatic N) is 4. The monoisotopic (exact) mass is 569 g/mol. The summed E-state index contributed by atoms with van der Waals surface area (Å²) in [5, 5.41) is 0. The summed E-state index contributed by atoms with van der Waals surface area (Å²) in [4.78, 5) is 16.8. The van der Waals surface area contributed by atoms with Crippen molar-refractivity contribution in [3.05, 3.63) is 90.1 Å². The Balaban J connectivity index is 0.00000240. The van der Waals surface area contributed by atoms with Gasteiger partial charge in [0.05, 0.1) is 5.69 Å². The molecule has 0 atom stereocenters. The smallest absolute Gasteiger partial charge is 0.662 e. The van der Waals surface area contributed by atoms with Gasteiger partial charge in [-0.3, -0.25) is 9.97 Å². The van der Waals surface area contributed by atoms with Gasteiger partial charge >= 0.3 is 21.1 Å². The number of halogens is 2. The molecular weight excluding hydrogens is 553 g/mol. The Kier molecular flexibility index (Phi) is 6.04.